The molecule has 118 valence electrons. The smallest absolute Gasteiger partial charge is 0.264 e. The van der Waals surface area contributed by atoms with Crippen LogP contribution in [0.25, 0.3) is 0 Å². The van der Waals surface area contributed by atoms with Crippen LogP contribution in [0.1, 0.15) is 37.6 Å². The van der Waals surface area contributed by atoms with Gasteiger partial charge in [-0.25, -0.2) is 17.2 Å². The van der Waals surface area contributed by atoms with Gasteiger partial charge in [0.25, 0.3) is 15.0 Å². The maximum absolute atomic E-state index is 13.8. The number of hydrogen-bond donors (Lipinski definition) is 0. The van der Waals surface area contributed by atoms with Crippen molar-refractivity contribution in [1.29, 1.82) is 0 Å². The molecule has 0 aliphatic rings. The second-order valence-corrected chi connectivity index (χ2v) is 7.33. The van der Waals surface area contributed by atoms with E-state index in [0.717, 1.165) is 0 Å². The maximum Gasteiger partial charge on any atom is 0.264 e. The number of hydrogen-bond acceptors (Lipinski definition) is 3. The summed E-state index contributed by atoms with van der Waals surface area (Å²) in [7, 11) is 0.676. The molecule has 0 aliphatic heterocycles. The van der Waals surface area contributed by atoms with Crippen LogP contribution in [0.4, 0.5) is 8.78 Å². The molecular weight excluding hydrogens is 324 g/mol. The van der Waals surface area contributed by atoms with Crippen molar-refractivity contribution in [3.8, 4) is 0 Å². The summed E-state index contributed by atoms with van der Waals surface area (Å²) < 4.78 is 49.8. The molecule has 21 heavy (non-hydrogen) atoms. The van der Waals surface area contributed by atoms with Gasteiger partial charge in [0, 0.05) is 29.3 Å². The molecule has 0 aromatic heterocycles. The van der Waals surface area contributed by atoms with Crippen LogP contribution in [0, 0.1) is 11.6 Å². The molecule has 0 N–H and O–H groups in total. The van der Waals surface area contributed by atoms with E-state index >= 15 is 0 Å². The summed E-state index contributed by atoms with van der Waals surface area (Å²) >= 11 is 0. The molecule has 0 saturated heterocycles. The Hall–Kier alpha value is -1.21. The van der Waals surface area contributed by atoms with E-state index in [4.69, 9.17) is 10.7 Å². The lowest BCUT2D eigenvalue weighted by molar-refractivity contribution is 0.0700. The number of halogens is 3. The van der Waals surface area contributed by atoms with Gasteiger partial charge in [0.2, 0.25) is 0 Å². The minimum absolute atomic E-state index is 0.210. The fourth-order valence-corrected chi connectivity index (χ4v) is 2.77. The first-order chi connectivity index (χ1) is 9.59. The van der Waals surface area contributed by atoms with Crippen LogP contribution in [-0.2, 0) is 9.05 Å². The Morgan fingerprint density at radius 3 is 2.29 bits per heavy atom. The van der Waals surface area contributed by atoms with Crippen LogP contribution >= 0.6 is 10.7 Å². The monoisotopic (exact) mass is 339 g/mol. The van der Waals surface area contributed by atoms with Crippen molar-refractivity contribution in [1.82, 2.24) is 4.90 Å². The van der Waals surface area contributed by atoms with Crippen LogP contribution in [0.5, 0.6) is 0 Å². The number of nitrogens with zero attached hydrogens (tertiary/aromatic N) is 1. The normalized spacial score (nSPS) is 11.8. The van der Waals surface area contributed by atoms with Gasteiger partial charge in [-0.1, -0.05) is 6.92 Å². The molecule has 0 aliphatic carbocycles. The van der Waals surface area contributed by atoms with Crippen LogP contribution in [0.15, 0.2) is 17.0 Å². The minimum atomic E-state index is -4.40. The highest BCUT2D eigenvalue weighted by molar-refractivity contribution is 8.13. The average molecular weight is 340 g/mol. The molecule has 0 bridgehead atoms. The van der Waals surface area contributed by atoms with Crippen molar-refractivity contribution in [3.63, 3.8) is 0 Å². The lowest BCUT2D eigenvalue weighted by atomic mass is 10.1. The molecule has 1 aromatic carbocycles. The third-order valence-corrected chi connectivity index (χ3v) is 4.20. The fraction of sp³-hybridized carbons (Fsp3) is 0.462. The molecule has 1 rings (SSSR count). The van der Waals surface area contributed by atoms with Crippen LogP contribution in [0.2, 0.25) is 0 Å². The summed E-state index contributed by atoms with van der Waals surface area (Å²) in [6, 6.07) is 0.783. The van der Waals surface area contributed by atoms with Gasteiger partial charge in [-0.3, -0.25) is 4.79 Å². The van der Waals surface area contributed by atoms with Gasteiger partial charge in [0.1, 0.15) is 16.5 Å². The molecule has 4 nitrogen and oxygen atoms in total. The first kappa shape index (κ1) is 17.8. The van der Waals surface area contributed by atoms with Crippen LogP contribution in [0.3, 0.4) is 0 Å². The first-order valence-corrected chi connectivity index (χ1v) is 8.65. The summed E-state index contributed by atoms with van der Waals surface area (Å²) in [6.45, 7) is 5.71. The van der Waals surface area contributed by atoms with E-state index in [2.05, 4.69) is 0 Å². The van der Waals surface area contributed by atoms with Crippen molar-refractivity contribution in [2.75, 3.05) is 6.54 Å². The summed E-state index contributed by atoms with van der Waals surface area (Å²) in [5.41, 5.74) is -0.516. The number of benzene rings is 1. The Kier molecular flexibility index (Phi) is 5.69. The topological polar surface area (TPSA) is 54.5 Å². The van der Waals surface area contributed by atoms with Gasteiger partial charge in [-0.15, -0.1) is 0 Å². The SMILES string of the molecule is CCCN(C(=O)c1cc(S(=O)(=O)Cl)c(F)cc1F)C(C)C. The molecule has 0 fully saturated rings. The van der Waals surface area contributed by atoms with Crippen molar-refractivity contribution in [2.24, 2.45) is 0 Å². The summed E-state index contributed by atoms with van der Waals surface area (Å²) in [6.07, 6.45) is 0.646. The number of carbonyl (C=O) groups is 1. The second kappa shape index (κ2) is 6.70. The maximum atomic E-state index is 13.8. The molecular formula is C13H16ClF2NO3S. The Balaban J connectivity index is 3.39. The lowest BCUT2D eigenvalue weighted by Gasteiger charge is -2.26. The highest BCUT2D eigenvalue weighted by Gasteiger charge is 2.26. The van der Waals surface area contributed by atoms with E-state index in [0.29, 0.717) is 25.1 Å². The van der Waals surface area contributed by atoms with Crippen molar-refractivity contribution < 1.29 is 22.0 Å². The van der Waals surface area contributed by atoms with Crippen molar-refractivity contribution in [3.05, 3.63) is 29.3 Å². The number of amides is 1. The zero-order chi connectivity index (χ0) is 16.4. The number of carbonyl (C=O) groups excluding carboxylic acids is 1. The van der Waals surface area contributed by atoms with Gasteiger partial charge in [-0.05, 0) is 26.3 Å². The summed E-state index contributed by atoms with van der Waals surface area (Å²) in [5.74, 6) is -3.15. The Morgan fingerprint density at radius 2 is 1.86 bits per heavy atom. The van der Waals surface area contributed by atoms with E-state index in [1.807, 2.05) is 6.92 Å². The summed E-state index contributed by atoms with van der Waals surface area (Å²) in [4.78, 5) is 12.8. The molecule has 0 spiro atoms. The van der Waals surface area contributed by atoms with E-state index in [1.165, 1.54) is 4.90 Å². The predicted octanol–water partition coefficient (Wildman–Crippen LogP) is 3.15. The van der Waals surface area contributed by atoms with Crippen LogP contribution < -0.4 is 0 Å². The standard InChI is InChI=1S/C13H16ClF2NO3S/c1-4-5-17(8(2)3)13(18)9-6-12(21(14,19)20)11(16)7-10(9)15/h6-8H,4-5H2,1-3H3. The minimum Gasteiger partial charge on any atom is -0.336 e. The third-order valence-electron chi connectivity index (χ3n) is 2.86. The molecule has 0 radical (unpaired) electrons. The molecule has 1 amide bonds. The molecule has 0 atom stereocenters. The third kappa shape index (κ3) is 4.14. The largest absolute Gasteiger partial charge is 0.336 e. The molecule has 1 aromatic rings. The summed E-state index contributed by atoms with van der Waals surface area (Å²) in [5, 5.41) is 0. The van der Waals surface area contributed by atoms with E-state index in [-0.39, 0.29) is 6.04 Å². The van der Waals surface area contributed by atoms with Gasteiger partial charge in [0.15, 0.2) is 0 Å². The van der Waals surface area contributed by atoms with E-state index in [9.17, 15) is 22.0 Å². The molecule has 0 unspecified atom stereocenters. The quantitative estimate of drug-likeness (QED) is 0.774. The van der Waals surface area contributed by atoms with E-state index < -0.39 is 37.1 Å². The Bertz CT molecular complexity index is 647. The average Bonchev–Trinajstić information content (AvgIpc) is 2.33. The van der Waals surface area contributed by atoms with Crippen molar-refractivity contribution in [2.45, 2.75) is 38.1 Å². The Morgan fingerprint density at radius 1 is 1.29 bits per heavy atom. The highest BCUT2D eigenvalue weighted by atomic mass is 35.7. The van der Waals surface area contributed by atoms with E-state index in [1.54, 1.807) is 13.8 Å². The highest BCUT2D eigenvalue weighted by Crippen LogP contribution is 2.24. The zero-order valence-electron chi connectivity index (χ0n) is 11.9. The molecule has 0 saturated carbocycles. The van der Waals surface area contributed by atoms with Gasteiger partial charge < -0.3 is 4.90 Å². The van der Waals surface area contributed by atoms with Crippen molar-refractivity contribution >= 4 is 25.6 Å². The van der Waals surface area contributed by atoms with Gasteiger partial charge in [-0.2, -0.15) is 0 Å². The van der Waals surface area contributed by atoms with Gasteiger partial charge in [0.05, 0.1) is 5.56 Å². The fourth-order valence-electron chi connectivity index (χ4n) is 1.87. The second-order valence-electron chi connectivity index (χ2n) is 4.79. The molecule has 0 heterocycles. The Labute approximate surface area is 127 Å². The van der Waals surface area contributed by atoms with Gasteiger partial charge >= 0.3 is 0 Å². The zero-order valence-corrected chi connectivity index (χ0v) is 13.4. The lowest BCUT2D eigenvalue weighted by Crippen LogP contribution is -2.38. The first-order valence-electron chi connectivity index (χ1n) is 6.34. The number of rotatable bonds is 5. The molecule has 8 heteroatoms. The predicted molar refractivity (Wildman–Crippen MR) is 75.9 cm³/mol. The van der Waals surface area contributed by atoms with Crippen LogP contribution in [-0.4, -0.2) is 31.8 Å².